The van der Waals surface area contributed by atoms with E-state index >= 15 is 0 Å². The van der Waals surface area contributed by atoms with Crippen LogP contribution < -0.4 is 10.6 Å². The number of benzene rings is 1. The lowest BCUT2D eigenvalue weighted by molar-refractivity contribution is -0.174. The van der Waals surface area contributed by atoms with Crippen LogP contribution in [0.4, 0.5) is 13.2 Å². The van der Waals surface area contributed by atoms with Gasteiger partial charge in [0, 0.05) is 5.75 Å². The smallest absolute Gasteiger partial charge is 0.471 e. The van der Waals surface area contributed by atoms with Crippen LogP contribution in [0.25, 0.3) is 0 Å². The maximum atomic E-state index is 12.9. The number of aliphatic hydroxyl groups excluding tert-OH is 1. The second kappa shape index (κ2) is 18.9. The van der Waals surface area contributed by atoms with Gasteiger partial charge in [-0.15, -0.1) is 11.8 Å². The Hall–Kier alpha value is -2.27. The lowest BCUT2D eigenvalue weighted by atomic mass is 9.98. The van der Waals surface area contributed by atoms with Gasteiger partial charge in [-0.2, -0.15) is 13.2 Å². The molecule has 1 aromatic carbocycles. The third-order valence-corrected chi connectivity index (χ3v) is 7.76. The molecule has 3 atom stereocenters. The molecule has 0 fully saturated rings. The number of aliphatic carboxylic acids is 1. The highest BCUT2D eigenvalue weighted by atomic mass is 32.2. The van der Waals surface area contributed by atoms with Crippen LogP contribution in [-0.4, -0.2) is 58.6 Å². The summed E-state index contributed by atoms with van der Waals surface area (Å²) in [5, 5.41) is 22.9. The van der Waals surface area contributed by atoms with Crippen molar-refractivity contribution in [3.8, 4) is 0 Å². The third kappa shape index (κ3) is 14.6. The van der Waals surface area contributed by atoms with Gasteiger partial charge in [-0.3, -0.25) is 14.4 Å². The van der Waals surface area contributed by atoms with E-state index in [0.29, 0.717) is 6.42 Å². The molecule has 0 bridgehead atoms. The van der Waals surface area contributed by atoms with Crippen molar-refractivity contribution in [1.29, 1.82) is 0 Å². The van der Waals surface area contributed by atoms with Crippen LogP contribution in [0.1, 0.15) is 94.4 Å². The number of carbonyl (C=O) groups excluding carboxylic acids is 2. The number of rotatable bonds is 20. The van der Waals surface area contributed by atoms with Gasteiger partial charge in [0.2, 0.25) is 5.91 Å². The number of carboxylic acid groups (broad SMARTS) is 1. The van der Waals surface area contributed by atoms with Gasteiger partial charge in [-0.1, -0.05) is 89.5 Å². The highest BCUT2D eigenvalue weighted by molar-refractivity contribution is 7.99. The van der Waals surface area contributed by atoms with Crippen molar-refractivity contribution in [2.45, 2.75) is 108 Å². The zero-order chi connectivity index (χ0) is 29.3. The molecule has 11 heteroatoms. The highest BCUT2D eigenvalue weighted by Gasteiger charge is 2.41. The molecular weight excluding hydrogens is 533 g/mol. The van der Waals surface area contributed by atoms with E-state index < -0.39 is 47.9 Å². The Morgan fingerprint density at radius 3 is 2.23 bits per heavy atom. The van der Waals surface area contributed by atoms with Crippen LogP contribution in [0.2, 0.25) is 0 Å². The lowest BCUT2D eigenvalue weighted by Crippen LogP contribution is -2.52. The Balaban J connectivity index is 2.99. The minimum atomic E-state index is -5.21. The van der Waals surface area contributed by atoms with E-state index in [0.717, 1.165) is 55.0 Å². The van der Waals surface area contributed by atoms with Gasteiger partial charge in [-0.05, 0) is 30.4 Å². The fourth-order valence-electron chi connectivity index (χ4n) is 4.11. The molecule has 2 amide bonds. The monoisotopic (exact) mass is 576 g/mol. The van der Waals surface area contributed by atoms with Gasteiger partial charge in [-0.25, -0.2) is 0 Å². The van der Waals surface area contributed by atoms with Crippen LogP contribution in [0.15, 0.2) is 24.3 Å². The number of carbonyl (C=O) groups is 3. The van der Waals surface area contributed by atoms with E-state index in [9.17, 15) is 32.7 Å². The summed E-state index contributed by atoms with van der Waals surface area (Å²) in [6.45, 7) is 3.36. The summed E-state index contributed by atoms with van der Waals surface area (Å²) in [5.41, 5.74) is 1.88. The number of hydrogen-bond acceptors (Lipinski definition) is 5. The number of aryl methyl sites for hydroxylation is 1. The van der Waals surface area contributed by atoms with Crippen molar-refractivity contribution in [2.75, 3.05) is 12.3 Å². The topological polar surface area (TPSA) is 116 Å². The molecule has 0 spiro atoms. The molecule has 7 nitrogen and oxygen atoms in total. The number of alkyl halides is 3. The normalized spacial score (nSPS) is 13.9. The average Bonchev–Trinajstić information content (AvgIpc) is 2.89. The molecule has 0 heterocycles. The number of nitrogens with one attached hydrogen (secondary N) is 2. The Labute approximate surface area is 233 Å². The Kier molecular flexibility index (Phi) is 16.9. The van der Waals surface area contributed by atoms with Crippen LogP contribution in [0, 0.1) is 0 Å². The molecule has 0 saturated heterocycles. The first kappa shape index (κ1) is 34.8. The van der Waals surface area contributed by atoms with Crippen LogP contribution in [0.3, 0.4) is 0 Å². The van der Waals surface area contributed by atoms with Crippen molar-refractivity contribution in [3.63, 3.8) is 0 Å². The third-order valence-electron chi connectivity index (χ3n) is 6.29. The fourth-order valence-corrected chi connectivity index (χ4v) is 5.45. The Morgan fingerprint density at radius 1 is 0.974 bits per heavy atom. The molecule has 222 valence electrons. The summed E-state index contributed by atoms with van der Waals surface area (Å²) in [7, 11) is 0. The van der Waals surface area contributed by atoms with Crippen LogP contribution >= 0.6 is 11.8 Å². The van der Waals surface area contributed by atoms with E-state index in [1.807, 2.05) is 36.5 Å². The number of unbranched alkanes of at least 4 members (excludes halogenated alkanes) is 7. The molecule has 1 rings (SSSR count). The van der Waals surface area contributed by atoms with E-state index in [4.69, 9.17) is 5.11 Å². The first-order valence-electron chi connectivity index (χ1n) is 13.7. The molecular formula is C28H43F3N2O5S. The Morgan fingerprint density at radius 2 is 1.62 bits per heavy atom. The maximum absolute atomic E-state index is 12.9. The highest BCUT2D eigenvalue weighted by Crippen LogP contribution is 2.35. The van der Waals surface area contributed by atoms with E-state index in [1.165, 1.54) is 32.1 Å². The van der Waals surface area contributed by atoms with Crippen molar-refractivity contribution < 1.29 is 37.8 Å². The van der Waals surface area contributed by atoms with Crippen molar-refractivity contribution in [1.82, 2.24) is 10.6 Å². The van der Waals surface area contributed by atoms with Crippen LogP contribution in [0.5, 0.6) is 0 Å². The number of thioether (sulfide) groups is 1. The molecule has 0 saturated carbocycles. The summed E-state index contributed by atoms with van der Waals surface area (Å²) < 4.78 is 38.6. The molecule has 0 radical (unpaired) electrons. The van der Waals surface area contributed by atoms with E-state index in [2.05, 4.69) is 6.92 Å². The van der Waals surface area contributed by atoms with Gasteiger partial charge in [0.05, 0.1) is 11.4 Å². The zero-order valence-corrected chi connectivity index (χ0v) is 23.7. The largest absolute Gasteiger partial charge is 0.480 e. The number of amides is 2. The minimum Gasteiger partial charge on any atom is -0.480 e. The molecule has 0 aliphatic carbocycles. The quantitative estimate of drug-likeness (QED) is 0.151. The molecule has 39 heavy (non-hydrogen) atoms. The molecule has 2 unspecified atom stereocenters. The summed E-state index contributed by atoms with van der Waals surface area (Å²) in [4.78, 5) is 34.8. The molecule has 0 aliphatic rings. The maximum Gasteiger partial charge on any atom is 0.471 e. The number of hydrogen-bond donors (Lipinski definition) is 4. The number of carboxylic acids is 1. The second-order valence-electron chi connectivity index (χ2n) is 9.72. The summed E-state index contributed by atoms with van der Waals surface area (Å²) in [6.07, 6.45) is 5.14. The molecule has 1 aromatic rings. The molecule has 0 aromatic heterocycles. The van der Waals surface area contributed by atoms with Gasteiger partial charge >= 0.3 is 18.1 Å². The number of halogens is 3. The Bertz CT molecular complexity index is 885. The number of aliphatic hydroxyl groups is 1. The second-order valence-corrected chi connectivity index (χ2v) is 10.9. The first-order chi connectivity index (χ1) is 18.5. The van der Waals surface area contributed by atoms with Gasteiger partial charge in [0.25, 0.3) is 0 Å². The predicted octanol–water partition coefficient (Wildman–Crippen LogP) is 5.55. The standard InChI is InChI=1S/C28H43F3N2O5S/c1-3-5-7-8-9-10-11-13-20-14-12-15-21(17-20)25(23(34)16-6-4-2)39-19-22(26(37)32-18-24(35)36)33-27(38)28(29,30)31/h12,14-15,17,22-23,25,34H,3-11,13,16,18-19H2,1-2H3,(H,32,37)(H,33,38)(H,35,36)/t22-,23?,25?/m0/s1. The first-order valence-corrected chi connectivity index (χ1v) is 14.8. The van der Waals surface area contributed by atoms with Gasteiger partial charge < -0.3 is 20.8 Å². The average molecular weight is 577 g/mol. The predicted molar refractivity (Wildman–Crippen MR) is 148 cm³/mol. The molecule has 4 N–H and O–H groups in total. The summed E-state index contributed by atoms with van der Waals surface area (Å²) >= 11 is 1.06. The summed E-state index contributed by atoms with van der Waals surface area (Å²) in [5.74, 6) is -5.00. The minimum absolute atomic E-state index is 0.289. The fraction of sp³-hybridized carbons (Fsp3) is 0.679. The van der Waals surface area contributed by atoms with Crippen molar-refractivity contribution >= 4 is 29.5 Å². The van der Waals surface area contributed by atoms with Crippen molar-refractivity contribution in [3.05, 3.63) is 35.4 Å². The van der Waals surface area contributed by atoms with Crippen molar-refractivity contribution in [2.24, 2.45) is 0 Å². The van der Waals surface area contributed by atoms with E-state index in [1.54, 1.807) is 5.32 Å². The molecule has 0 aliphatic heterocycles. The van der Waals surface area contributed by atoms with Gasteiger partial charge in [0.15, 0.2) is 0 Å². The summed E-state index contributed by atoms with van der Waals surface area (Å²) in [6, 6.07) is 6.08. The van der Waals surface area contributed by atoms with Gasteiger partial charge in [0.1, 0.15) is 12.6 Å². The lowest BCUT2D eigenvalue weighted by Gasteiger charge is -2.26. The van der Waals surface area contributed by atoms with E-state index in [-0.39, 0.29) is 5.75 Å². The zero-order valence-electron chi connectivity index (χ0n) is 22.9. The van der Waals surface area contributed by atoms with Crippen LogP contribution in [-0.2, 0) is 20.8 Å². The SMILES string of the molecule is CCCCCCCCCc1cccc(C(SC[C@H](NC(=O)C(F)(F)F)C(=O)NCC(=O)O)C(O)CCCC)c1.